The lowest BCUT2D eigenvalue weighted by atomic mass is 9.97. The first-order valence-electron chi connectivity index (χ1n) is 9.05. The molecular weight excluding hydrogens is 432 g/mol. The van der Waals surface area contributed by atoms with E-state index in [0.29, 0.717) is 26.2 Å². The molecule has 0 saturated carbocycles. The predicted octanol–water partition coefficient (Wildman–Crippen LogP) is 3.07. The molecule has 1 aromatic carbocycles. The van der Waals surface area contributed by atoms with Crippen LogP contribution in [0.25, 0.3) is 0 Å². The molecule has 3 rings (SSSR count). The molecule has 0 N–H and O–H groups in total. The van der Waals surface area contributed by atoms with Crippen molar-refractivity contribution in [3.63, 3.8) is 0 Å². The molecule has 1 unspecified atom stereocenters. The number of halogens is 1. The van der Waals surface area contributed by atoms with E-state index in [1.54, 1.807) is 4.90 Å². The fourth-order valence-electron chi connectivity index (χ4n) is 3.55. The Morgan fingerprint density at radius 3 is 2.82 bits per heavy atom. The minimum atomic E-state index is -0.781. The van der Waals surface area contributed by atoms with Gasteiger partial charge in [-0.25, -0.2) is 19.8 Å². The fraction of sp³-hybridized carbons (Fsp3) is 0.556. The number of guanidine groups is 1. The maximum absolute atomic E-state index is 12.5. The van der Waals surface area contributed by atoms with E-state index in [4.69, 9.17) is 9.47 Å². The maximum Gasteiger partial charge on any atom is 0.417 e. The van der Waals surface area contributed by atoms with Gasteiger partial charge in [-0.15, -0.1) is 0 Å². The third kappa shape index (κ3) is 4.99. The Morgan fingerprint density at radius 2 is 2.18 bits per heavy atom. The Morgan fingerprint density at radius 1 is 1.43 bits per heavy atom. The van der Waals surface area contributed by atoms with Crippen LogP contribution in [0, 0.1) is 16.0 Å². The topological polar surface area (TPSA) is 97.5 Å². The zero-order valence-corrected chi connectivity index (χ0v) is 17.4. The summed E-state index contributed by atoms with van der Waals surface area (Å²) in [5.41, 5.74) is 0.608. The van der Waals surface area contributed by atoms with Crippen molar-refractivity contribution in [1.82, 2.24) is 9.80 Å². The van der Waals surface area contributed by atoms with Crippen LogP contribution in [0.5, 0.6) is 0 Å². The van der Waals surface area contributed by atoms with Crippen molar-refractivity contribution in [1.29, 1.82) is 0 Å². The zero-order valence-electron chi connectivity index (χ0n) is 15.8. The summed E-state index contributed by atoms with van der Waals surface area (Å²) in [6.07, 6.45) is 0.198. The molecule has 0 aromatic heterocycles. The lowest BCUT2D eigenvalue weighted by molar-refractivity contribution is -0.486. The number of hydrazone groups is 1. The highest BCUT2D eigenvalue weighted by Crippen LogP contribution is 2.30. The Kier molecular flexibility index (Phi) is 6.19. The molecule has 9 nitrogen and oxygen atoms in total. The van der Waals surface area contributed by atoms with Crippen LogP contribution in [0.4, 0.5) is 4.79 Å². The van der Waals surface area contributed by atoms with E-state index in [1.165, 1.54) is 4.90 Å². The lowest BCUT2D eigenvalue weighted by Crippen LogP contribution is -2.40. The smallest absolute Gasteiger partial charge is 0.417 e. The highest BCUT2D eigenvalue weighted by atomic mass is 79.9. The molecule has 1 aromatic rings. The molecule has 2 heterocycles. The van der Waals surface area contributed by atoms with Gasteiger partial charge >= 0.3 is 6.09 Å². The van der Waals surface area contributed by atoms with Crippen LogP contribution < -0.4 is 0 Å². The molecule has 0 spiro atoms. The van der Waals surface area contributed by atoms with Crippen LogP contribution >= 0.6 is 15.9 Å². The number of nitro groups is 1. The molecular formula is C18H23BrN4O5. The van der Waals surface area contributed by atoms with Crippen molar-refractivity contribution in [2.45, 2.75) is 32.5 Å². The standard InChI is InChI=1S/C18H23BrN4O5/c1-18(2)9-13(11-28-18)10-21-7-8-22(16(21)20-23(25)26)17(24)27-12-14-5-3-4-6-15(14)19/h3-6,13H,7-12H2,1-2H3. The number of hydrogen-bond donors (Lipinski definition) is 0. The van der Waals surface area contributed by atoms with Crippen molar-refractivity contribution in [2.24, 2.45) is 11.0 Å². The summed E-state index contributed by atoms with van der Waals surface area (Å²) < 4.78 is 11.9. The van der Waals surface area contributed by atoms with E-state index >= 15 is 0 Å². The van der Waals surface area contributed by atoms with E-state index in [1.807, 2.05) is 38.1 Å². The monoisotopic (exact) mass is 454 g/mol. The predicted molar refractivity (Wildman–Crippen MR) is 105 cm³/mol. The normalized spacial score (nSPS) is 22.7. The fourth-order valence-corrected chi connectivity index (χ4v) is 3.95. The first-order chi connectivity index (χ1) is 13.2. The van der Waals surface area contributed by atoms with Gasteiger partial charge in [0.25, 0.3) is 5.96 Å². The second-order valence-corrected chi connectivity index (χ2v) is 8.38. The van der Waals surface area contributed by atoms with Crippen molar-refractivity contribution in [3.8, 4) is 0 Å². The molecule has 2 saturated heterocycles. The van der Waals surface area contributed by atoms with Crippen LogP contribution in [-0.2, 0) is 16.1 Å². The molecule has 0 aliphatic carbocycles. The van der Waals surface area contributed by atoms with Crippen LogP contribution in [0.3, 0.4) is 0 Å². The first-order valence-corrected chi connectivity index (χ1v) is 9.84. The van der Waals surface area contributed by atoms with Crippen molar-refractivity contribution >= 4 is 28.0 Å². The molecule has 10 heteroatoms. The van der Waals surface area contributed by atoms with Crippen LogP contribution in [-0.4, -0.2) is 58.7 Å². The van der Waals surface area contributed by atoms with Gasteiger partial charge < -0.3 is 14.4 Å². The van der Waals surface area contributed by atoms with E-state index < -0.39 is 11.1 Å². The number of benzene rings is 1. The number of carbonyl (C=O) groups is 1. The molecule has 28 heavy (non-hydrogen) atoms. The highest BCUT2D eigenvalue weighted by molar-refractivity contribution is 9.10. The highest BCUT2D eigenvalue weighted by Gasteiger charge is 2.39. The van der Waals surface area contributed by atoms with E-state index in [0.717, 1.165) is 16.5 Å². The molecule has 2 aliphatic heterocycles. The zero-order chi connectivity index (χ0) is 20.3. The Balaban J connectivity index is 1.66. The lowest BCUT2D eigenvalue weighted by Gasteiger charge is -2.22. The van der Waals surface area contributed by atoms with Crippen molar-refractivity contribution < 1.29 is 19.3 Å². The van der Waals surface area contributed by atoms with Crippen LogP contribution in [0.15, 0.2) is 33.8 Å². The quantitative estimate of drug-likeness (QED) is 0.500. The minimum absolute atomic E-state index is 0.0202. The summed E-state index contributed by atoms with van der Waals surface area (Å²) >= 11 is 3.40. The molecule has 2 aliphatic rings. The maximum atomic E-state index is 12.5. The number of hydrogen-bond acceptors (Lipinski definition) is 5. The number of carbonyl (C=O) groups excluding carboxylic acids is 1. The average molecular weight is 455 g/mol. The largest absolute Gasteiger partial charge is 0.444 e. The third-order valence-electron chi connectivity index (χ3n) is 4.79. The summed E-state index contributed by atoms with van der Waals surface area (Å²) in [6.45, 7) is 5.99. The molecule has 1 amide bonds. The van der Waals surface area contributed by atoms with Gasteiger partial charge in [0.05, 0.1) is 18.8 Å². The van der Waals surface area contributed by atoms with Gasteiger partial charge in [-0.05, 0) is 26.3 Å². The van der Waals surface area contributed by atoms with E-state index in [2.05, 4.69) is 21.0 Å². The Hall–Kier alpha value is -2.20. The SMILES string of the molecule is CC1(C)CC(CN2CCN(C(=O)OCc3ccccc3Br)C2=N[N+](=O)[O-])CO1. The van der Waals surface area contributed by atoms with Gasteiger partial charge in [0.1, 0.15) is 11.7 Å². The van der Waals surface area contributed by atoms with Crippen LogP contribution in [0.2, 0.25) is 0 Å². The number of rotatable bonds is 5. The van der Waals surface area contributed by atoms with Gasteiger partial charge in [-0.1, -0.05) is 34.1 Å². The van der Waals surface area contributed by atoms with Gasteiger partial charge in [0.2, 0.25) is 0 Å². The van der Waals surface area contributed by atoms with Crippen LogP contribution in [0.1, 0.15) is 25.8 Å². The van der Waals surface area contributed by atoms with E-state index in [-0.39, 0.29) is 24.1 Å². The minimum Gasteiger partial charge on any atom is -0.444 e. The molecule has 0 radical (unpaired) electrons. The van der Waals surface area contributed by atoms with Crippen molar-refractivity contribution in [2.75, 3.05) is 26.2 Å². The van der Waals surface area contributed by atoms with Crippen molar-refractivity contribution in [3.05, 3.63) is 44.4 Å². The van der Waals surface area contributed by atoms with Gasteiger partial charge in [0, 0.05) is 29.0 Å². The Bertz CT molecular complexity index is 785. The average Bonchev–Trinajstić information content (AvgIpc) is 3.16. The van der Waals surface area contributed by atoms with Gasteiger partial charge in [0.15, 0.2) is 5.03 Å². The first kappa shape index (κ1) is 20.5. The second kappa shape index (κ2) is 8.44. The van der Waals surface area contributed by atoms with Gasteiger partial charge in [-0.2, -0.15) is 0 Å². The van der Waals surface area contributed by atoms with E-state index in [9.17, 15) is 14.9 Å². The number of amides is 1. The number of ether oxygens (including phenoxy) is 2. The molecule has 2 fully saturated rings. The summed E-state index contributed by atoms with van der Waals surface area (Å²) in [7, 11) is 0. The third-order valence-corrected chi connectivity index (χ3v) is 5.56. The second-order valence-electron chi connectivity index (χ2n) is 7.52. The molecule has 0 bridgehead atoms. The number of nitrogens with zero attached hydrogens (tertiary/aromatic N) is 4. The molecule has 1 atom stereocenters. The summed E-state index contributed by atoms with van der Waals surface area (Å²) in [5.74, 6) is 0.245. The summed E-state index contributed by atoms with van der Waals surface area (Å²) in [6, 6.07) is 7.40. The molecule has 152 valence electrons. The summed E-state index contributed by atoms with van der Waals surface area (Å²) in [4.78, 5) is 26.5. The Labute approximate surface area is 171 Å². The van der Waals surface area contributed by atoms with Gasteiger partial charge in [-0.3, -0.25) is 0 Å². The summed E-state index contributed by atoms with van der Waals surface area (Å²) in [5, 5.41) is 13.7.